The number of carbonyl (C=O) groups excluding carboxylic acids is 1. The molecule has 3 N–H and O–H groups in total. The summed E-state index contributed by atoms with van der Waals surface area (Å²) in [6.07, 6.45) is 3.82. The highest BCUT2D eigenvalue weighted by atomic mass is 16.5. The van der Waals surface area contributed by atoms with Crippen molar-refractivity contribution in [2.45, 2.75) is 19.8 Å². The zero-order valence-corrected chi connectivity index (χ0v) is 13.7. The first-order valence-corrected chi connectivity index (χ1v) is 8.08. The van der Waals surface area contributed by atoms with Gasteiger partial charge in [-0.2, -0.15) is 0 Å². The van der Waals surface area contributed by atoms with Crippen molar-refractivity contribution >= 4 is 29.0 Å². The molecule has 0 amide bonds. The van der Waals surface area contributed by atoms with Gasteiger partial charge in [-0.05, 0) is 44.0 Å². The number of hydrogen-bond donors (Lipinski definition) is 2. The van der Waals surface area contributed by atoms with Crippen LogP contribution in [0.25, 0.3) is 0 Å². The lowest BCUT2D eigenvalue weighted by molar-refractivity contribution is 0.0526. The van der Waals surface area contributed by atoms with E-state index >= 15 is 0 Å². The summed E-state index contributed by atoms with van der Waals surface area (Å²) in [5.41, 5.74) is 8.06. The van der Waals surface area contributed by atoms with Gasteiger partial charge in [0.1, 0.15) is 12.0 Å². The number of rotatable bonds is 5. The second-order valence-electron chi connectivity index (χ2n) is 5.58. The third-order valence-electron chi connectivity index (χ3n) is 3.93. The SMILES string of the molecule is CCOC(=O)c1ccc(Nc2ncnc(N3CCCC3)c2N)cc1. The summed E-state index contributed by atoms with van der Waals surface area (Å²) in [5, 5.41) is 3.18. The van der Waals surface area contributed by atoms with Crippen LogP contribution in [0.5, 0.6) is 0 Å². The fraction of sp³-hybridized carbons (Fsp3) is 0.353. The Labute approximate surface area is 140 Å². The Kier molecular flexibility index (Phi) is 4.79. The molecule has 2 heterocycles. The maximum atomic E-state index is 11.7. The first-order valence-electron chi connectivity index (χ1n) is 8.08. The summed E-state index contributed by atoms with van der Waals surface area (Å²) in [6.45, 7) is 4.07. The largest absolute Gasteiger partial charge is 0.462 e. The van der Waals surface area contributed by atoms with E-state index in [4.69, 9.17) is 10.5 Å². The monoisotopic (exact) mass is 327 g/mol. The predicted molar refractivity (Wildman–Crippen MR) is 93.6 cm³/mol. The molecule has 0 saturated carbocycles. The summed E-state index contributed by atoms with van der Waals surface area (Å²) in [6, 6.07) is 7.00. The van der Waals surface area contributed by atoms with E-state index in [1.54, 1.807) is 31.2 Å². The molecule has 0 spiro atoms. The maximum absolute atomic E-state index is 11.7. The quantitative estimate of drug-likeness (QED) is 0.815. The lowest BCUT2D eigenvalue weighted by Crippen LogP contribution is -2.21. The number of aromatic nitrogens is 2. The van der Waals surface area contributed by atoms with Crippen LogP contribution in [0, 0.1) is 0 Å². The topological polar surface area (TPSA) is 93.4 Å². The number of anilines is 4. The number of benzene rings is 1. The first kappa shape index (κ1) is 16.0. The lowest BCUT2D eigenvalue weighted by atomic mass is 10.2. The van der Waals surface area contributed by atoms with Gasteiger partial charge in [-0.15, -0.1) is 0 Å². The Morgan fingerprint density at radius 2 is 1.96 bits per heavy atom. The number of esters is 1. The molecule has 0 unspecified atom stereocenters. The molecule has 24 heavy (non-hydrogen) atoms. The molecule has 3 rings (SSSR count). The van der Waals surface area contributed by atoms with Gasteiger partial charge in [-0.1, -0.05) is 0 Å². The molecule has 126 valence electrons. The van der Waals surface area contributed by atoms with E-state index in [0.717, 1.165) is 37.4 Å². The second-order valence-corrected chi connectivity index (χ2v) is 5.58. The number of nitrogens with one attached hydrogen (secondary N) is 1. The predicted octanol–water partition coefficient (Wildman–Crippen LogP) is 2.58. The smallest absolute Gasteiger partial charge is 0.338 e. The Bertz CT molecular complexity index is 711. The third-order valence-corrected chi connectivity index (χ3v) is 3.93. The van der Waals surface area contributed by atoms with Gasteiger partial charge in [-0.3, -0.25) is 0 Å². The highest BCUT2D eigenvalue weighted by Gasteiger charge is 2.18. The number of hydrogen-bond acceptors (Lipinski definition) is 7. The van der Waals surface area contributed by atoms with Crippen molar-refractivity contribution in [2.24, 2.45) is 0 Å². The molecule has 0 bridgehead atoms. The van der Waals surface area contributed by atoms with E-state index in [-0.39, 0.29) is 5.97 Å². The van der Waals surface area contributed by atoms with Crippen molar-refractivity contribution in [1.29, 1.82) is 0 Å². The summed E-state index contributed by atoms with van der Waals surface area (Å²) < 4.78 is 4.97. The van der Waals surface area contributed by atoms with Crippen LogP contribution in [0.3, 0.4) is 0 Å². The molecule has 1 aliphatic rings. The molecule has 1 aromatic carbocycles. The van der Waals surface area contributed by atoms with Gasteiger partial charge in [0.05, 0.1) is 12.2 Å². The van der Waals surface area contributed by atoms with Crippen molar-refractivity contribution < 1.29 is 9.53 Å². The third kappa shape index (κ3) is 3.40. The van der Waals surface area contributed by atoms with Crippen molar-refractivity contribution in [3.05, 3.63) is 36.2 Å². The Morgan fingerprint density at radius 3 is 2.62 bits per heavy atom. The van der Waals surface area contributed by atoms with Crippen LogP contribution < -0.4 is 16.0 Å². The van der Waals surface area contributed by atoms with Crippen molar-refractivity contribution in [3.8, 4) is 0 Å². The van der Waals surface area contributed by atoms with Crippen LogP contribution in [-0.4, -0.2) is 35.6 Å². The molecule has 1 aromatic heterocycles. The summed E-state index contributed by atoms with van der Waals surface area (Å²) >= 11 is 0. The maximum Gasteiger partial charge on any atom is 0.338 e. The number of nitrogen functional groups attached to an aromatic ring is 1. The molecule has 7 heteroatoms. The van der Waals surface area contributed by atoms with Gasteiger partial charge in [0, 0.05) is 18.8 Å². The van der Waals surface area contributed by atoms with Crippen molar-refractivity contribution in [3.63, 3.8) is 0 Å². The Hall–Kier alpha value is -2.83. The van der Waals surface area contributed by atoms with E-state index in [9.17, 15) is 4.79 Å². The fourth-order valence-electron chi connectivity index (χ4n) is 2.71. The molecule has 0 aliphatic carbocycles. The van der Waals surface area contributed by atoms with E-state index in [1.165, 1.54) is 6.33 Å². The van der Waals surface area contributed by atoms with Gasteiger partial charge in [0.15, 0.2) is 11.6 Å². The van der Waals surface area contributed by atoms with E-state index < -0.39 is 0 Å². The minimum absolute atomic E-state index is 0.332. The van der Waals surface area contributed by atoms with Crippen LogP contribution in [0.15, 0.2) is 30.6 Å². The number of nitrogens with two attached hydrogens (primary N) is 1. The molecule has 2 aromatic rings. The Morgan fingerprint density at radius 1 is 1.25 bits per heavy atom. The zero-order chi connectivity index (χ0) is 16.9. The summed E-state index contributed by atoms with van der Waals surface area (Å²) in [4.78, 5) is 22.4. The lowest BCUT2D eigenvalue weighted by Gasteiger charge is -2.19. The van der Waals surface area contributed by atoms with Gasteiger partial charge >= 0.3 is 5.97 Å². The van der Waals surface area contributed by atoms with Crippen LogP contribution >= 0.6 is 0 Å². The van der Waals surface area contributed by atoms with E-state index in [1.807, 2.05) is 0 Å². The normalized spacial score (nSPS) is 13.8. The van der Waals surface area contributed by atoms with Gasteiger partial charge in [0.25, 0.3) is 0 Å². The number of carbonyl (C=O) groups is 1. The molecule has 7 nitrogen and oxygen atoms in total. The number of ether oxygens (including phenoxy) is 1. The molecule has 1 aliphatic heterocycles. The standard InChI is InChI=1S/C17H21N5O2/c1-2-24-17(23)12-5-7-13(8-6-12)21-15-14(18)16(20-11-19-15)22-9-3-4-10-22/h5-8,11H,2-4,9-10,18H2,1H3,(H,19,20,21). The van der Waals surface area contributed by atoms with Crippen LogP contribution in [0.1, 0.15) is 30.1 Å². The number of nitrogens with zero attached hydrogens (tertiary/aromatic N) is 3. The minimum Gasteiger partial charge on any atom is -0.462 e. The zero-order valence-electron chi connectivity index (χ0n) is 13.7. The van der Waals surface area contributed by atoms with Crippen LogP contribution in [-0.2, 0) is 4.74 Å². The summed E-state index contributed by atoms with van der Waals surface area (Å²) in [5.74, 6) is 1.01. The van der Waals surface area contributed by atoms with Gasteiger partial charge in [0.2, 0.25) is 0 Å². The average Bonchev–Trinajstić information content (AvgIpc) is 3.12. The van der Waals surface area contributed by atoms with Gasteiger partial charge in [-0.25, -0.2) is 14.8 Å². The van der Waals surface area contributed by atoms with Gasteiger partial charge < -0.3 is 20.7 Å². The van der Waals surface area contributed by atoms with E-state index in [0.29, 0.717) is 23.7 Å². The first-order chi connectivity index (χ1) is 11.7. The molecule has 1 fully saturated rings. The van der Waals surface area contributed by atoms with Crippen LogP contribution in [0.4, 0.5) is 23.0 Å². The highest BCUT2D eigenvalue weighted by molar-refractivity contribution is 5.90. The minimum atomic E-state index is -0.332. The molecule has 0 radical (unpaired) electrons. The van der Waals surface area contributed by atoms with Crippen LogP contribution in [0.2, 0.25) is 0 Å². The molecular formula is C17H21N5O2. The highest BCUT2D eigenvalue weighted by Crippen LogP contribution is 2.30. The molecule has 1 saturated heterocycles. The summed E-state index contributed by atoms with van der Waals surface area (Å²) in [7, 11) is 0. The van der Waals surface area contributed by atoms with E-state index in [2.05, 4.69) is 20.2 Å². The van der Waals surface area contributed by atoms with Crippen molar-refractivity contribution in [2.75, 3.05) is 35.6 Å². The molecule has 0 atom stereocenters. The average molecular weight is 327 g/mol. The van der Waals surface area contributed by atoms with Crippen molar-refractivity contribution in [1.82, 2.24) is 9.97 Å². The molecular weight excluding hydrogens is 306 g/mol. The Balaban J connectivity index is 1.76. The second kappa shape index (κ2) is 7.16. The fourth-order valence-corrected chi connectivity index (χ4v) is 2.71.